The Morgan fingerprint density at radius 3 is 2.82 bits per heavy atom. The number of carboxylic acid groups (broad SMARTS) is 1. The van der Waals surface area contributed by atoms with Gasteiger partial charge < -0.3 is 9.51 Å². The molecule has 5 heteroatoms. The molecule has 2 atom stereocenters. The van der Waals surface area contributed by atoms with E-state index in [2.05, 4.69) is 4.98 Å². The van der Waals surface area contributed by atoms with Gasteiger partial charge in [0.05, 0.1) is 11.6 Å². The minimum Gasteiger partial charge on any atom is -0.481 e. The first-order valence-corrected chi connectivity index (χ1v) is 5.34. The molecule has 2 rings (SSSR count). The standard InChI is InChI=1S/C12H13FN2O2/c1-7(12(16)17)10-6-15-4-3-9(8(2)13)5-11(15)14-10/h3-8H,1-2H3,(H,16,17). The predicted molar refractivity (Wildman–Crippen MR) is 60.8 cm³/mol. The second-order valence-corrected chi connectivity index (χ2v) is 4.07. The third kappa shape index (κ3) is 2.13. The summed E-state index contributed by atoms with van der Waals surface area (Å²) < 4.78 is 14.8. The van der Waals surface area contributed by atoms with E-state index in [0.29, 0.717) is 16.9 Å². The van der Waals surface area contributed by atoms with E-state index in [1.54, 1.807) is 35.9 Å². The second kappa shape index (κ2) is 4.16. The van der Waals surface area contributed by atoms with Gasteiger partial charge in [-0.25, -0.2) is 9.37 Å². The molecule has 1 N–H and O–H groups in total. The quantitative estimate of drug-likeness (QED) is 0.891. The Morgan fingerprint density at radius 1 is 1.53 bits per heavy atom. The highest BCUT2D eigenvalue weighted by Crippen LogP contribution is 2.20. The summed E-state index contributed by atoms with van der Waals surface area (Å²) in [5.74, 6) is -1.59. The van der Waals surface area contributed by atoms with Crippen molar-refractivity contribution in [3.63, 3.8) is 0 Å². The van der Waals surface area contributed by atoms with Gasteiger partial charge >= 0.3 is 5.97 Å². The molecule has 2 aromatic rings. The lowest BCUT2D eigenvalue weighted by atomic mass is 10.1. The number of nitrogens with zero attached hydrogens (tertiary/aromatic N) is 2. The van der Waals surface area contributed by atoms with Crippen LogP contribution < -0.4 is 0 Å². The van der Waals surface area contributed by atoms with E-state index in [9.17, 15) is 9.18 Å². The average Bonchev–Trinajstić information content (AvgIpc) is 2.69. The molecule has 0 radical (unpaired) electrons. The molecule has 0 aliphatic carbocycles. The Morgan fingerprint density at radius 2 is 2.24 bits per heavy atom. The molecule has 0 bridgehead atoms. The molecule has 2 aromatic heterocycles. The number of fused-ring (bicyclic) bond motifs is 1. The molecule has 4 nitrogen and oxygen atoms in total. The Balaban J connectivity index is 2.47. The normalized spacial score (nSPS) is 14.8. The SMILES string of the molecule is CC(F)c1ccn2cc(C(C)C(=O)O)nc2c1. The van der Waals surface area contributed by atoms with Crippen LogP contribution in [0.1, 0.15) is 37.2 Å². The molecule has 0 aliphatic heterocycles. The highest BCUT2D eigenvalue weighted by molar-refractivity contribution is 5.75. The van der Waals surface area contributed by atoms with Gasteiger partial charge in [-0.05, 0) is 31.5 Å². The molecular weight excluding hydrogens is 223 g/mol. The maximum Gasteiger partial charge on any atom is 0.312 e. The zero-order chi connectivity index (χ0) is 12.6. The van der Waals surface area contributed by atoms with E-state index in [1.807, 2.05) is 0 Å². The van der Waals surface area contributed by atoms with Gasteiger partial charge in [-0.2, -0.15) is 0 Å². The first-order chi connectivity index (χ1) is 7.99. The van der Waals surface area contributed by atoms with Crippen LogP contribution in [0.2, 0.25) is 0 Å². The van der Waals surface area contributed by atoms with E-state index in [-0.39, 0.29) is 0 Å². The van der Waals surface area contributed by atoms with Gasteiger partial charge in [-0.15, -0.1) is 0 Å². The number of imidazole rings is 1. The Hall–Kier alpha value is -1.91. The van der Waals surface area contributed by atoms with Crippen LogP contribution in [0.15, 0.2) is 24.5 Å². The van der Waals surface area contributed by atoms with Crippen molar-refractivity contribution in [1.29, 1.82) is 0 Å². The van der Waals surface area contributed by atoms with Crippen LogP contribution in [0, 0.1) is 0 Å². The van der Waals surface area contributed by atoms with E-state index in [0.717, 1.165) is 0 Å². The summed E-state index contributed by atoms with van der Waals surface area (Å²) in [6.07, 6.45) is 2.28. The van der Waals surface area contributed by atoms with Crippen molar-refractivity contribution < 1.29 is 14.3 Å². The van der Waals surface area contributed by atoms with Crippen LogP contribution in [0.25, 0.3) is 5.65 Å². The lowest BCUT2D eigenvalue weighted by Crippen LogP contribution is -2.07. The summed E-state index contributed by atoms with van der Waals surface area (Å²) in [4.78, 5) is 15.0. The number of aromatic nitrogens is 2. The van der Waals surface area contributed by atoms with Crippen LogP contribution in [-0.4, -0.2) is 20.5 Å². The topological polar surface area (TPSA) is 54.6 Å². The number of carboxylic acids is 1. The van der Waals surface area contributed by atoms with Crippen molar-refractivity contribution in [2.75, 3.05) is 0 Å². The zero-order valence-corrected chi connectivity index (χ0v) is 9.59. The zero-order valence-electron chi connectivity index (χ0n) is 9.59. The molecule has 0 amide bonds. The van der Waals surface area contributed by atoms with Gasteiger partial charge in [0.15, 0.2) is 0 Å². The van der Waals surface area contributed by atoms with E-state index < -0.39 is 18.1 Å². The maximum absolute atomic E-state index is 13.1. The molecule has 0 fully saturated rings. The van der Waals surface area contributed by atoms with Gasteiger partial charge in [0.2, 0.25) is 0 Å². The van der Waals surface area contributed by atoms with Gasteiger partial charge in [-0.3, -0.25) is 4.79 Å². The third-order valence-electron chi connectivity index (χ3n) is 2.78. The van der Waals surface area contributed by atoms with Crippen molar-refractivity contribution >= 4 is 11.6 Å². The van der Waals surface area contributed by atoms with Crippen molar-refractivity contribution in [2.24, 2.45) is 0 Å². The average molecular weight is 236 g/mol. The molecule has 0 aromatic carbocycles. The molecule has 2 heterocycles. The first-order valence-electron chi connectivity index (χ1n) is 5.34. The molecule has 0 saturated carbocycles. The van der Waals surface area contributed by atoms with Crippen LogP contribution in [0.5, 0.6) is 0 Å². The predicted octanol–water partition coefficient (Wildman–Crippen LogP) is 2.55. The summed E-state index contributed by atoms with van der Waals surface area (Å²) >= 11 is 0. The van der Waals surface area contributed by atoms with Crippen molar-refractivity contribution in [1.82, 2.24) is 9.38 Å². The van der Waals surface area contributed by atoms with E-state index in [4.69, 9.17) is 5.11 Å². The highest BCUT2D eigenvalue weighted by Gasteiger charge is 2.17. The highest BCUT2D eigenvalue weighted by atomic mass is 19.1. The first kappa shape index (κ1) is 11.6. The Kier molecular flexibility index (Phi) is 2.83. The molecule has 90 valence electrons. The number of carbonyl (C=O) groups is 1. The Bertz CT molecular complexity index is 563. The van der Waals surface area contributed by atoms with Crippen LogP contribution >= 0.6 is 0 Å². The fourth-order valence-corrected chi connectivity index (χ4v) is 1.60. The minimum atomic E-state index is -1.06. The van der Waals surface area contributed by atoms with Crippen molar-refractivity contribution in [2.45, 2.75) is 25.9 Å². The van der Waals surface area contributed by atoms with Gasteiger partial charge in [0.1, 0.15) is 11.8 Å². The third-order valence-corrected chi connectivity index (χ3v) is 2.78. The molecule has 0 aliphatic rings. The fraction of sp³-hybridized carbons (Fsp3) is 0.333. The number of hydrogen-bond donors (Lipinski definition) is 1. The smallest absolute Gasteiger partial charge is 0.312 e. The number of rotatable bonds is 3. The van der Waals surface area contributed by atoms with Gasteiger partial charge in [0.25, 0.3) is 0 Å². The number of aliphatic carboxylic acids is 1. The number of pyridine rings is 1. The Labute approximate surface area is 97.7 Å². The number of hydrogen-bond acceptors (Lipinski definition) is 2. The molecule has 0 saturated heterocycles. The molecule has 0 spiro atoms. The molecular formula is C12H13FN2O2. The van der Waals surface area contributed by atoms with Crippen LogP contribution in [0.3, 0.4) is 0 Å². The monoisotopic (exact) mass is 236 g/mol. The largest absolute Gasteiger partial charge is 0.481 e. The van der Waals surface area contributed by atoms with Gasteiger partial charge in [-0.1, -0.05) is 0 Å². The summed E-state index contributed by atoms with van der Waals surface area (Å²) in [6.45, 7) is 3.03. The summed E-state index contributed by atoms with van der Waals surface area (Å²) in [5, 5.41) is 8.89. The summed E-state index contributed by atoms with van der Waals surface area (Å²) in [6, 6.07) is 3.29. The van der Waals surface area contributed by atoms with E-state index in [1.165, 1.54) is 6.92 Å². The summed E-state index contributed by atoms with van der Waals surface area (Å²) in [5.41, 5.74) is 1.58. The fourth-order valence-electron chi connectivity index (χ4n) is 1.60. The minimum absolute atomic E-state index is 0.473. The van der Waals surface area contributed by atoms with Crippen molar-refractivity contribution in [3.8, 4) is 0 Å². The van der Waals surface area contributed by atoms with Crippen LogP contribution in [0.4, 0.5) is 4.39 Å². The second-order valence-electron chi connectivity index (χ2n) is 4.07. The van der Waals surface area contributed by atoms with Crippen LogP contribution in [-0.2, 0) is 4.79 Å². The maximum atomic E-state index is 13.1. The lowest BCUT2D eigenvalue weighted by molar-refractivity contribution is -0.138. The number of alkyl halides is 1. The lowest BCUT2D eigenvalue weighted by Gasteiger charge is -2.01. The van der Waals surface area contributed by atoms with E-state index >= 15 is 0 Å². The molecule has 2 unspecified atom stereocenters. The molecule has 17 heavy (non-hydrogen) atoms. The number of halogens is 1. The van der Waals surface area contributed by atoms with Crippen molar-refractivity contribution in [3.05, 3.63) is 35.8 Å². The van der Waals surface area contributed by atoms with Gasteiger partial charge in [0, 0.05) is 12.4 Å². The summed E-state index contributed by atoms with van der Waals surface area (Å²) in [7, 11) is 0.